The molecule has 0 aliphatic heterocycles. The van der Waals surface area contributed by atoms with Crippen LogP contribution >= 0.6 is 23.2 Å². The largest absolute Gasteiger partial charge is 0.491 e. The molecular weight excluding hydrogens is 447 g/mol. The van der Waals surface area contributed by atoms with Gasteiger partial charge in [-0.05, 0) is 35.2 Å². The summed E-state index contributed by atoms with van der Waals surface area (Å²) in [5, 5.41) is 3.19. The molecule has 30 heavy (non-hydrogen) atoms. The number of para-hydroxylation sites is 1. The average molecular weight is 473 g/mol. The van der Waals surface area contributed by atoms with Crippen molar-refractivity contribution >= 4 is 44.8 Å². The predicted octanol–water partition coefficient (Wildman–Crippen LogP) is 4.25. The van der Waals surface area contributed by atoms with E-state index in [4.69, 9.17) is 27.9 Å². The number of nitrogens with one attached hydrogen (secondary N) is 1. The highest BCUT2D eigenvalue weighted by molar-refractivity contribution is 7.92. The van der Waals surface area contributed by atoms with Crippen molar-refractivity contribution in [3.63, 3.8) is 0 Å². The summed E-state index contributed by atoms with van der Waals surface area (Å²) < 4.78 is 31.1. The molecule has 0 aliphatic rings. The quantitative estimate of drug-likeness (QED) is 0.582. The SMILES string of the molecule is CC(C)(C)c1ccccc1OCCNC(=O)CN(c1ccc(Cl)cc1Cl)S(C)(=O)=O. The Bertz CT molecular complexity index is 1000. The molecule has 0 bridgehead atoms. The molecule has 0 saturated heterocycles. The maximum Gasteiger partial charge on any atom is 0.240 e. The Labute approximate surface area is 188 Å². The number of halogens is 2. The lowest BCUT2D eigenvalue weighted by atomic mass is 9.86. The first kappa shape index (κ1) is 24.3. The molecule has 0 saturated carbocycles. The third-order valence-electron chi connectivity index (χ3n) is 4.24. The van der Waals surface area contributed by atoms with Gasteiger partial charge >= 0.3 is 0 Å². The van der Waals surface area contributed by atoms with Crippen molar-refractivity contribution in [1.82, 2.24) is 5.32 Å². The molecule has 1 amide bonds. The molecular formula is C21H26Cl2N2O4S. The summed E-state index contributed by atoms with van der Waals surface area (Å²) in [6, 6.07) is 12.1. The lowest BCUT2D eigenvalue weighted by molar-refractivity contribution is -0.119. The normalized spacial score (nSPS) is 11.8. The van der Waals surface area contributed by atoms with Crippen LogP contribution in [0.3, 0.4) is 0 Å². The van der Waals surface area contributed by atoms with E-state index in [0.29, 0.717) is 5.02 Å². The highest BCUT2D eigenvalue weighted by atomic mass is 35.5. The van der Waals surface area contributed by atoms with Crippen LogP contribution in [-0.2, 0) is 20.2 Å². The number of carbonyl (C=O) groups excluding carboxylic acids is 1. The first-order chi connectivity index (χ1) is 13.9. The fraction of sp³-hybridized carbons (Fsp3) is 0.381. The van der Waals surface area contributed by atoms with Crippen LogP contribution < -0.4 is 14.4 Å². The number of carbonyl (C=O) groups is 1. The molecule has 6 nitrogen and oxygen atoms in total. The summed E-state index contributed by atoms with van der Waals surface area (Å²) in [6.45, 7) is 6.36. The molecule has 2 aromatic rings. The second-order valence-corrected chi connectivity index (χ2v) is 10.6. The molecule has 1 N–H and O–H groups in total. The zero-order chi connectivity index (χ0) is 22.5. The Hall–Kier alpha value is -1.96. The fourth-order valence-corrected chi connectivity index (χ4v) is 4.24. The number of sulfonamides is 1. The number of hydrogen-bond donors (Lipinski definition) is 1. The molecule has 2 aromatic carbocycles. The van der Waals surface area contributed by atoms with Crippen molar-refractivity contribution in [3.8, 4) is 5.75 Å². The molecule has 0 unspecified atom stereocenters. The van der Waals surface area contributed by atoms with Gasteiger partial charge in [-0.3, -0.25) is 9.10 Å². The van der Waals surface area contributed by atoms with Crippen molar-refractivity contribution in [1.29, 1.82) is 0 Å². The number of rotatable bonds is 8. The highest BCUT2D eigenvalue weighted by Crippen LogP contribution is 2.31. The van der Waals surface area contributed by atoms with Gasteiger partial charge in [-0.1, -0.05) is 62.2 Å². The van der Waals surface area contributed by atoms with Gasteiger partial charge in [-0.25, -0.2) is 8.42 Å². The van der Waals surface area contributed by atoms with Crippen LogP contribution in [0.4, 0.5) is 5.69 Å². The molecule has 0 aliphatic carbocycles. The van der Waals surface area contributed by atoms with Gasteiger partial charge in [0.2, 0.25) is 15.9 Å². The summed E-state index contributed by atoms with van der Waals surface area (Å²) in [5.41, 5.74) is 1.18. The van der Waals surface area contributed by atoms with Gasteiger partial charge in [0.1, 0.15) is 18.9 Å². The molecule has 164 valence electrons. The summed E-state index contributed by atoms with van der Waals surface area (Å²) in [7, 11) is -3.73. The summed E-state index contributed by atoms with van der Waals surface area (Å²) >= 11 is 12.0. The second-order valence-electron chi connectivity index (χ2n) is 7.81. The highest BCUT2D eigenvalue weighted by Gasteiger charge is 2.23. The lowest BCUT2D eigenvalue weighted by Gasteiger charge is -2.23. The molecule has 2 rings (SSSR count). The number of ether oxygens (including phenoxy) is 1. The zero-order valence-corrected chi connectivity index (χ0v) is 19.7. The Kier molecular flexibility index (Phi) is 8.02. The molecule has 0 radical (unpaired) electrons. The van der Waals surface area contributed by atoms with Crippen LogP contribution in [0.2, 0.25) is 10.0 Å². The fourth-order valence-electron chi connectivity index (χ4n) is 2.81. The maximum atomic E-state index is 12.3. The molecule has 9 heteroatoms. The van der Waals surface area contributed by atoms with Crippen molar-refractivity contribution in [3.05, 3.63) is 58.1 Å². The minimum absolute atomic E-state index is 0.0757. The van der Waals surface area contributed by atoms with Gasteiger partial charge < -0.3 is 10.1 Å². The van der Waals surface area contributed by atoms with E-state index in [9.17, 15) is 13.2 Å². The van der Waals surface area contributed by atoms with E-state index in [1.807, 2.05) is 24.3 Å². The van der Waals surface area contributed by atoms with Gasteiger partial charge in [0.25, 0.3) is 0 Å². The number of benzene rings is 2. The lowest BCUT2D eigenvalue weighted by Crippen LogP contribution is -2.41. The van der Waals surface area contributed by atoms with Gasteiger partial charge in [0.05, 0.1) is 23.5 Å². The first-order valence-electron chi connectivity index (χ1n) is 9.31. The van der Waals surface area contributed by atoms with E-state index >= 15 is 0 Å². The Morgan fingerprint density at radius 2 is 1.80 bits per heavy atom. The van der Waals surface area contributed by atoms with Crippen LogP contribution in [0.5, 0.6) is 5.75 Å². The standard InChI is InChI=1S/C21H26Cl2N2O4S/c1-21(2,3)16-7-5-6-8-19(16)29-12-11-24-20(26)14-25(30(4,27)28)18-10-9-15(22)13-17(18)23/h5-10,13H,11-12,14H2,1-4H3,(H,24,26). The third-order valence-corrected chi connectivity index (χ3v) is 5.91. The Balaban J connectivity index is 1.98. The number of amides is 1. The number of nitrogens with zero attached hydrogens (tertiary/aromatic N) is 1. The Morgan fingerprint density at radius 3 is 2.40 bits per heavy atom. The molecule has 0 spiro atoms. The van der Waals surface area contributed by atoms with Crippen LogP contribution in [-0.4, -0.2) is 40.3 Å². The van der Waals surface area contributed by atoms with Crippen LogP contribution in [0.15, 0.2) is 42.5 Å². The Morgan fingerprint density at radius 1 is 1.13 bits per heavy atom. The smallest absolute Gasteiger partial charge is 0.240 e. The van der Waals surface area contributed by atoms with Gasteiger partial charge in [0, 0.05) is 5.02 Å². The molecule has 0 atom stereocenters. The molecule has 0 aromatic heterocycles. The second kappa shape index (κ2) is 9.90. The summed E-state index contributed by atoms with van der Waals surface area (Å²) in [5.74, 6) is 0.282. The van der Waals surface area contributed by atoms with Gasteiger partial charge in [0.15, 0.2) is 0 Å². The van der Waals surface area contributed by atoms with E-state index in [1.165, 1.54) is 18.2 Å². The minimum atomic E-state index is -3.73. The van der Waals surface area contributed by atoms with Gasteiger partial charge in [-0.2, -0.15) is 0 Å². The van der Waals surface area contributed by atoms with Crippen molar-refractivity contribution in [2.75, 3.05) is 30.3 Å². The molecule has 0 heterocycles. The topological polar surface area (TPSA) is 75.7 Å². The first-order valence-corrected chi connectivity index (χ1v) is 11.9. The van der Waals surface area contributed by atoms with E-state index in [2.05, 4.69) is 26.1 Å². The van der Waals surface area contributed by atoms with E-state index < -0.39 is 22.5 Å². The van der Waals surface area contributed by atoms with E-state index in [1.54, 1.807) is 0 Å². The molecule has 0 fully saturated rings. The van der Waals surface area contributed by atoms with E-state index in [-0.39, 0.29) is 29.3 Å². The monoisotopic (exact) mass is 472 g/mol. The maximum absolute atomic E-state index is 12.3. The minimum Gasteiger partial charge on any atom is -0.491 e. The van der Waals surface area contributed by atoms with Crippen molar-refractivity contribution < 1.29 is 17.9 Å². The van der Waals surface area contributed by atoms with Crippen molar-refractivity contribution in [2.24, 2.45) is 0 Å². The number of hydrogen-bond acceptors (Lipinski definition) is 4. The van der Waals surface area contributed by atoms with Gasteiger partial charge in [-0.15, -0.1) is 0 Å². The zero-order valence-electron chi connectivity index (χ0n) is 17.4. The van der Waals surface area contributed by atoms with Crippen LogP contribution in [0, 0.1) is 0 Å². The van der Waals surface area contributed by atoms with Crippen LogP contribution in [0.25, 0.3) is 0 Å². The predicted molar refractivity (Wildman–Crippen MR) is 122 cm³/mol. The summed E-state index contributed by atoms with van der Waals surface area (Å²) in [6.07, 6.45) is 1.01. The van der Waals surface area contributed by atoms with E-state index in [0.717, 1.165) is 21.9 Å². The number of anilines is 1. The third kappa shape index (κ3) is 6.79. The van der Waals surface area contributed by atoms with Crippen LogP contribution in [0.1, 0.15) is 26.3 Å². The average Bonchev–Trinajstić information content (AvgIpc) is 2.62. The van der Waals surface area contributed by atoms with Crippen molar-refractivity contribution in [2.45, 2.75) is 26.2 Å². The summed E-state index contributed by atoms with van der Waals surface area (Å²) in [4.78, 5) is 12.3.